The lowest BCUT2D eigenvalue weighted by Crippen LogP contribution is -2.28. The molecule has 0 aliphatic carbocycles. The number of nitrogens with one attached hydrogen (secondary N) is 1. The fourth-order valence-corrected chi connectivity index (χ4v) is 3.62. The standard InChI is InChI=1S/C20H22N4/c21-19-14-24(13-18(19)15-7-3-1-4-8-15)12-17-11-22-23-20(17)16-9-5-2-6-10-16/h1-11,18-19H,12-14,21H2,(H,22,23)/t18-,19+/m0/s1. The van der Waals surface area contributed by atoms with Crippen LogP contribution in [-0.4, -0.2) is 34.2 Å². The number of hydrogen-bond acceptors (Lipinski definition) is 3. The highest BCUT2D eigenvalue weighted by molar-refractivity contribution is 5.62. The Kier molecular flexibility index (Phi) is 4.15. The van der Waals surface area contributed by atoms with Crippen molar-refractivity contribution in [1.29, 1.82) is 0 Å². The number of H-pyrrole nitrogens is 1. The number of aromatic nitrogens is 2. The Labute approximate surface area is 142 Å². The molecule has 0 spiro atoms. The second-order valence-corrected chi connectivity index (χ2v) is 6.51. The summed E-state index contributed by atoms with van der Waals surface area (Å²) < 4.78 is 0. The summed E-state index contributed by atoms with van der Waals surface area (Å²) in [5, 5.41) is 7.40. The molecule has 3 aromatic rings. The van der Waals surface area contributed by atoms with Gasteiger partial charge in [0.05, 0.1) is 11.9 Å². The topological polar surface area (TPSA) is 57.9 Å². The molecule has 4 heteroatoms. The van der Waals surface area contributed by atoms with Gasteiger partial charge >= 0.3 is 0 Å². The van der Waals surface area contributed by atoms with Gasteiger partial charge in [0, 0.05) is 37.2 Å². The molecule has 2 heterocycles. The minimum absolute atomic E-state index is 0.180. The van der Waals surface area contributed by atoms with Crippen LogP contribution in [0.3, 0.4) is 0 Å². The summed E-state index contributed by atoms with van der Waals surface area (Å²) in [5.41, 5.74) is 11.3. The van der Waals surface area contributed by atoms with Crippen LogP contribution in [0.1, 0.15) is 17.0 Å². The lowest BCUT2D eigenvalue weighted by Gasteiger charge is -2.16. The maximum absolute atomic E-state index is 6.41. The molecule has 0 radical (unpaired) electrons. The number of aromatic amines is 1. The third kappa shape index (κ3) is 2.98. The average molecular weight is 318 g/mol. The van der Waals surface area contributed by atoms with E-state index >= 15 is 0 Å². The number of hydrogen-bond donors (Lipinski definition) is 2. The van der Waals surface area contributed by atoms with Crippen LogP contribution in [-0.2, 0) is 6.54 Å². The molecule has 24 heavy (non-hydrogen) atoms. The highest BCUT2D eigenvalue weighted by Crippen LogP contribution is 2.29. The van der Waals surface area contributed by atoms with Crippen molar-refractivity contribution in [3.63, 3.8) is 0 Å². The summed E-state index contributed by atoms with van der Waals surface area (Å²) >= 11 is 0. The lowest BCUT2D eigenvalue weighted by atomic mass is 9.95. The Hall–Kier alpha value is -2.43. The zero-order chi connectivity index (χ0) is 16.4. The highest BCUT2D eigenvalue weighted by Gasteiger charge is 2.31. The van der Waals surface area contributed by atoms with Crippen molar-refractivity contribution in [3.05, 3.63) is 78.0 Å². The maximum atomic E-state index is 6.41. The first-order valence-corrected chi connectivity index (χ1v) is 8.42. The molecular weight excluding hydrogens is 296 g/mol. The van der Waals surface area contributed by atoms with Gasteiger partial charge in [-0.25, -0.2) is 0 Å². The summed E-state index contributed by atoms with van der Waals surface area (Å²) in [6.07, 6.45) is 1.93. The van der Waals surface area contributed by atoms with Crippen molar-refractivity contribution in [3.8, 4) is 11.3 Å². The third-order valence-corrected chi connectivity index (χ3v) is 4.84. The van der Waals surface area contributed by atoms with Gasteiger partial charge in [-0.15, -0.1) is 0 Å². The second kappa shape index (κ2) is 6.59. The van der Waals surface area contributed by atoms with Gasteiger partial charge in [-0.2, -0.15) is 5.10 Å². The Morgan fingerprint density at radius 2 is 1.71 bits per heavy atom. The number of nitrogens with zero attached hydrogens (tertiary/aromatic N) is 2. The van der Waals surface area contributed by atoms with Crippen LogP contribution >= 0.6 is 0 Å². The Morgan fingerprint density at radius 1 is 1.00 bits per heavy atom. The van der Waals surface area contributed by atoms with Gasteiger partial charge in [-0.1, -0.05) is 60.7 Å². The maximum Gasteiger partial charge on any atom is 0.0695 e. The van der Waals surface area contributed by atoms with Gasteiger partial charge < -0.3 is 5.73 Å². The van der Waals surface area contributed by atoms with Crippen LogP contribution in [0.2, 0.25) is 0 Å². The van der Waals surface area contributed by atoms with Gasteiger partial charge in [0.25, 0.3) is 0 Å². The minimum atomic E-state index is 0.180. The van der Waals surface area contributed by atoms with Crippen LogP contribution < -0.4 is 5.73 Å². The lowest BCUT2D eigenvalue weighted by molar-refractivity contribution is 0.324. The molecule has 1 aliphatic heterocycles. The Balaban J connectivity index is 1.51. The van der Waals surface area contributed by atoms with Crippen molar-refractivity contribution in [1.82, 2.24) is 15.1 Å². The van der Waals surface area contributed by atoms with Crippen LogP contribution in [0, 0.1) is 0 Å². The molecule has 2 aromatic carbocycles. The number of nitrogens with two attached hydrogens (primary N) is 1. The Bertz CT molecular complexity index is 782. The van der Waals surface area contributed by atoms with Crippen molar-refractivity contribution < 1.29 is 0 Å². The van der Waals surface area contributed by atoms with E-state index in [1.807, 2.05) is 12.3 Å². The van der Waals surface area contributed by atoms with Crippen molar-refractivity contribution in [2.24, 2.45) is 5.73 Å². The minimum Gasteiger partial charge on any atom is -0.326 e. The third-order valence-electron chi connectivity index (χ3n) is 4.84. The summed E-state index contributed by atoms with van der Waals surface area (Å²) in [7, 11) is 0. The van der Waals surface area contributed by atoms with Crippen LogP contribution in [0.4, 0.5) is 0 Å². The zero-order valence-electron chi connectivity index (χ0n) is 13.6. The van der Waals surface area contributed by atoms with E-state index in [9.17, 15) is 0 Å². The predicted molar refractivity (Wildman–Crippen MR) is 96.5 cm³/mol. The average Bonchev–Trinajstić information content (AvgIpc) is 3.23. The largest absolute Gasteiger partial charge is 0.326 e. The smallest absolute Gasteiger partial charge is 0.0695 e. The fraction of sp³-hybridized carbons (Fsp3) is 0.250. The molecule has 3 N–H and O–H groups in total. The molecule has 0 unspecified atom stereocenters. The molecule has 4 rings (SSSR count). The first-order chi connectivity index (χ1) is 11.8. The molecule has 1 aliphatic rings. The van der Waals surface area contributed by atoms with E-state index in [4.69, 9.17) is 5.73 Å². The Morgan fingerprint density at radius 3 is 2.46 bits per heavy atom. The molecule has 4 nitrogen and oxygen atoms in total. The molecule has 1 fully saturated rings. The van der Waals surface area contributed by atoms with E-state index in [1.165, 1.54) is 16.7 Å². The number of likely N-dealkylation sites (tertiary alicyclic amines) is 1. The summed E-state index contributed by atoms with van der Waals surface area (Å²) in [5.74, 6) is 0.401. The molecule has 1 saturated heterocycles. The summed E-state index contributed by atoms with van der Waals surface area (Å²) in [6.45, 7) is 2.78. The first kappa shape index (κ1) is 15.1. The van der Waals surface area contributed by atoms with E-state index in [1.54, 1.807) is 0 Å². The van der Waals surface area contributed by atoms with E-state index in [-0.39, 0.29) is 6.04 Å². The monoisotopic (exact) mass is 318 g/mol. The first-order valence-electron chi connectivity index (χ1n) is 8.42. The normalized spacial score (nSPS) is 21.2. The molecule has 0 saturated carbocycles. The predicted octanol–water partition coefficient (Wildman–Crippen LogP) is 3.00. The van der Waals surface area contributed by atoms with Crippen LogP contribution in [0.5, 0.6) is 0 Å². The molecule has 1 aromatic heterocycles. The van der Waals surface area contributed by atoms with Crippen molar-refractivity contribution >= 4 is 0 Å². The van der Waals surface area contributed by atoms with Gasteiger partial charge in [0.15, 0.2) is 0 Å². The molecule has 0 amide bonds. The van der Waals surface area contributed by atoms with Crippen molar-refractivity contribution in [2.75, 3.05) is 13.1 Å². The van der Waals surface area contributed by atoms with Crippen LogP contribution in [0.15, 0.2) is 66.9 Å². The van der Waals surface area contributed by atoms with E-state index in [2.05, 4.69) is 69.7 Å². The van der Waals surface area contributed by atoms with Gasteiger partial charge in [0.2, 0.25) is 0 Å². The molecule has 0 bridgehead atoms. The molecule has 2 atom stereocenters. The van der Waals surface area contributed by atoms with E-state index in [0.717, 1.165) is 25.3 Å². The summed E-state index contributed by atoms with van der Waals surface area (Å²) in [4.78, 5) is 2.43. The molecule has 122 valence electrons. The fourth-order valence-electron chi connectivity index (χ4n) is 3.62. The highest BCUT2D eigenvalue weighted by atomic mass is 15.2. The van der Waals surface area contributed by atoms with E-state index in [0.29, 0.717) is 5.92 Å². The van der Waals surface area contributed by atoms with Crippen molar-refractivity contribution in [2.45, 2.75) is 18.5 Å². The van der Waals surface area contributed by atoms with E-state index < -0.39 is 0 Å². The number of benzene rings is 2. The second-order valence-electron chi connectivity index (χ2n) is 6.51. The van der Waals surface area contributed by atoms with Gasteiger partial charge in [-0.05, 0) is 11.1 Å². The number of rotatable bonds is 4. The zero-order valence-corrected chi connectivity index (χ0v) is 13.6. The molecular formula is C20H22N4. The van der Waals surface area contributed by atoms with Crippen LogP contribution in [0.25, 0.3) is 11.3 Å². The van der Waals surface area contributed by atoms with Gasteiger partial charge in [0.1, 0.15) is 0 Å². The SMILES string of the molecule is N[C@@H]1CN(Cc2cn[nH]c2-c2ccccc2)C[C@H]1c1ccccc1. The van der Waals surface area contributed by atoms with Gasteiger partial charge in [-0.3, -0.25) is 10.00 Å². The quantitative estimate of drug-likeness (QED) is 0.777. The summed E-state index contributed by atoms with van der Waals surface area (Å²) in [6, 6.07) is 21.1.